The predicted molar refractivity (Wildman–Crippen MR) is 86.5 cm³/mol. The SMILES string of the molecule is CC1CCc2sc(C(=O)Nc3ccc(F)c([N+](=O)[O-])c3)cc2C1. The van der Waals surface area contributed by atoms with Crippen molar-refractivity contribution in [3.8, 4) is 0 Å². The number of halogens is 1. The van der Waals surface area contributed by atoms with Crippen LogP contribution in [0.15, 0.2) is 24.3 Å². The summed E-state index contributed by atoms with van der Waals surface area (Å²) in [4.78, 5) is 24.1. The van der Waals surface area contributed by atoms with Gasteiger partial charge in [0.05, 0.1) is 9.80 Å². The Morgan fingerprint density at radius 1 is 1.43 bits per heavy atom. The molecule has 120 valence electrons. The van der Waals surface area contributed by atoms with E-state index in [4.69, 9.17) is 0 Å². The summed E-state index contributed by atoms with van der Waals surface area (Å²) >= 11 is 1.46. The van der Waals surface area contributed by atoms with E-state index in [0.717, 1.165) is 31.4 Å². The second-order valence-corrected chi connectivity index (χ2v) is 6.92. The largest absolute Gasteiger partial charge is 0.321 e. The number of hydrogen-bond donors (Lipinski definition) is 1. The zero-order chi connectivity index (χ0) is 16.6. The molecular weight excluding hydrogens is 319 g/mol. The maximum Gasteiger partial charge on any atom is 0.306 e. The lowest BCUT2D eigenvalue weighted by Crippen LogP contribution is -2.10. The molecule has 23 heavy (non-hydrogen) atoms. The Hall–Kier alpha value is -2.28. The maximum atomic E-state index is 13.3. The van der Waals surface area contributed by atoms with Crippen LogP contribution in [0.3, 0.4) is 0 Å². The van der Waals surface area contributed by atoms with Crippen molar-refractivity contribution in [1.29, 1.82) is 0 Å². The number of thiophene rings is 1. The Balaban J connectivity index is 1.80. The average Bonchev–Trinajstić information content (AvgIpc) is 2.92. The van der Waals surface area contributed by atoms with E-state index in [9.17, 15) is 19.3 Å². The van der Waals surface area contributed by atoms with E-state index in [2.05, 4.69) is 12.2 Å². The first-order chi connectivity index (χ1) is 10.9. The van der Waals surface area contributed by atoms with Gasteiger partial charge in [-0.15, -0.1) is 11.3 Å². The first-order valence-electron chi connectivity index (χ1n) is 7.31. The molecule has 1 aliphatic rings. The number of amides is 1. The van der Waals surface area contributed by atoms with Crippen LogP contribution in [-0.2, 0) is 12.8 Å². The molecule has 0 saturated carbocycles. The smallest absolute Gasteiger partial charge is 0.306 e. The lowest BCUT2D eigenvalue weighted by Gasteiger charge is -2.16. The fourth-order valence-corrected chi connectivity index (χ4v) is 3.84. The third kappa shape index (κ3) is 3.24. The number of aryl methyl sites for hydroxylation is 1. The fraction of sp³-hybridized carbons (Fsp3) is 0.312. The van der Waals surface area contributed by atoms with Crippen LogP contribution >= 0.6 is 11.3 Å². The molecule has 5 nitrogen and oxygen atoms in total. The molecule has 1 heterocycles. The van der Waals surface area contributed by atoms with Gasteiger partial charge in [0, 0.05) is 16.6 Å². The molecule has 1 N–H and O–H groups in total. The van der Waals surface area contributed by atoms with E-state index in [1.165, 1.54) is 27.8 Å². The van der Waals surface area contributed by atoms with E-state index in [1.54, 1.807) is 0 Å². The van der Waals surface area contributed by atoms with Crippen LogP contribution in [0.25, 0.3) is 0 Å². The molecule has 0 aliphatic heterocycles. The molecule has 3 rings (SSSR count). The van der Waals surface area contributed by atoms with Crippen molar-refractivity contribution >= 4 is 28.6 Å². The summed E-state index contributed by atoms with van der Waals surface area (Å²) in [6.45, 7) is 2.19. The number of nitro groups is 1. The van der Waals surface area contributed by atoms with E-state index in [-0.39, 0.29) is 11.6 Å². The summed E-state index contributed by atoms with van der Waals surface area (Å²) < 4.78 is 13.3. The van der Waals surface area contributed by atoms with Gasteiger partial charge >= 0.3 is 5.69 Å². The topological polar surface area (TPSA) is 72.2 Å². The Morgan fingerprint density at radius 2 is 2.22 bits per heavy atom. The number of carbonyl (C=O) groups is 1. The number of fused-ring (bicyclic) bond motifs is 1. The van der Waals surface area contributed by atoms with E-state index in [1.807, 2.05) is 6.07 Å². The van der Waals surface area contributed by atoms with Crippen molar-refractivity contribution in [2.45, 2.75) is 26.2 Å². The molecule has 0 saturated heterocycles. The minimum atomic E-state index is -0.923. The molecule has 1 unspecified atom stereocenters. The quantitative estimate of drug-likeness (QED) is 0.676. The third-order valence-electron chi connectivity index (χ3n) is 3.95. The molecule has 1 aromatic heterocycles. The van der Waals surface area contributed by atoms with Crippen molar-refractivity contribution in [2.24, 2.45) is 5.92 Å². The Bertz CT molecular complexity index is 788. The van der Waals surface area contributed by atoms with Gasteiger partial charge in [0.1, 0.15) is 0 Å². The van der Waals surface area contributed by atoms with Gasteiger partial charge < -0.3 is 5.32 Å². The highest BCUT2D eigenvalue weighted by atomic mass is 32.1. The fourth-order valence-electron chi connectivity index (χ4n) is 2.74. The average molecular weight is 334 g/mol. The monoisotopic (exact) mass is 334 g/mol. The van der Waals surface area contributed by atoms with Crippen LogP contribution in [0, 0.1) is 21.8 Å². The van der Waals surface area contributed by atoms with Gasteiger partial charge in [-0.3, -0.25) is 14.9 Å². The van der Waals surface area contributed by atoms with Gasteiger partial charge in [0.25, 0.3) is 5.91 Å². The van der Waals surface area contributed by atoms with Crippen LogP contribution in [-0.4, -0.2) is 10.8 Å². The van der Waals surface area contributed by atoms with Crippen molar-refractivity contribution < 1.29 is 14.1 Å². The van der Waals surface area contributed by atoms with Gasteiger partial charge in [0.2, 0.25) is 5.82 Å². The van der Waals surface area contributed by atoms with Crippen LogP contribution < -0.4 is 5.32 Å². The zero-order valence-corrected chi connectivity index (χ0v) is 13.3. The number of nitro benzene ring substituents is 1. The molecule has 1 aromatic carbocycles. The first-order valence-corrected chi connectivity index (χ1v) is 8.12. The number of benzene rings is 1. The van der Waals surface area contributed by atoms with Crippen molar-refractivity contribution in [3.05, 3.63) is 55.5 Å². The number of nitrogens with zero attached hydrogens (tertiary/aromatic N) is 1. The van der Waals surface area contributed by atoms with Crippen LogP contribution in [0.4, 0.5) is 15.8 Å². The highest BCUT2D eigenvalue weighted by Gasteiger charge is 2.21. The van der Waals surface area contributed by atoms with Crippen molar-refractivity contribution in [2.75, 3.05) is 5.32 Å². The third-order valence-corrected chi connectivity index (χ3v) is 5.19. The van der Waals surface area contributed by atoms with Gasteiger partial charge in [-0.1, -0.05) is 6.92 Å². The van der Waals surface area contributed by atoms with Crippen LogP contribution in [0.5, 0.6) is 0 Å². The highest BCUT2D eigenvalue weighted by Crippen LogP contribution is 2.32. The summed E-state index contributed by atoms with van der Waals surface area (Å²) in [6, 6.07) is 5.22. The molecule has 0 radical (unpaired) electrons. The van der Waals surface area contributed by atoms with Crippen LogP contribution in [0.2, 0.25) is 0 Å². The molecular formula is C16H15FN2O3S. The molecule has 0 bridgehead atoms. The summed E-state index contributed by atoms with van der Waals surface area (Å²) in [7, 11) is 0. The minimum Gasteiger partial charge on any atom is -0.321 e. The Labute approximate surface area is 136 Å². The molecule has 1 atom stereocenters. The lowest BCUT2D eigenvalue weighted by atomic mass is 9.90. The zero-order valence-electron chi connectivity index (χ0n) is 12.5. The molecule has 0 fully saturated rings. The molecule has 1 amide bonds. The molecule has 2 aromatic rings. The molecule has 1 aliphatic carbocycles. The van der Waals surface area contributed by atoms with E-state index in [0.29, 0.717) is 10.8 Å². The Kier molecular flexibility index (Phi) is 4.12. The van der Waals surface area contributed by atoms with Gasteiger partial charge in [-0.2, -0.15) is 4.39 Å². The molecule has 0 spiro atoms. The number of rotatable bonds is 3. The predicted octanol–water partition coefficient (Wildman–Crippen LogP) is 4.17. The summed E-state index contributed by atoms with van der Waals surface area (Å²) in [6.07, 6.45) is 3.08. The standard InChI is InChI=1S/C16H15FN2O3S/c1-9-2-5-14-10(6-9)7-15(23-14)16(20)18-11-3-4-12(17)13(8-11)19(21)22/h3-4,7-9H,2,5-6H2,1H3,(H,18,20). The lowest BCUT2D eigenvalue weighted by molar-refractivity contribution is -0.387. The van der Waals surface area contributed by atoms with Crippen molar-refractivity contribution in [1.82, 2.24) is 0 Å². The normalized spacial score (nSPS) is 16.7. The second-order valence-electron chi connectivity index (χ2n) is 5.78. The van der Waals surface area contributed by atoms with Gasteiger partial charge in [0.15, 0.2) is 0 Å². The summed E-state index contributed by atoms with van der Waals surface area (Å²) in [5.74, 6) is -0.626. The summed E-state index contributed by atoms with van der Waals surface area (Å²) in [5, 5.41) is 13.3. The second kappa shape index (κ2) is 6.08. The Morgan fingerprint density at radius 3 is 2.96 bits per heavy atom. The molecule has 7 heteroatoms. The number of hydrogen-bond acceptors (Lipinski definition) is 4. The summed E-state index contributed by atoms with van der Waals surface area (Å²) in [5.41, 5.74) is 0.772. The number of anilines is 1. The van der Waals surface area contributed by atoms with E-state index < -0.39 is 16.4 Å². The highest BCUT2D eigenvalue weighted by molar-refractivity contribution is 7.14. The van der Waals surface area contributed by atoms with Gasteiger partial charge in [-0.25, -0.2) is 0 Å². The van der Waals surface area contributed by atoms with Crippen LogP contribution in [0.1, 0.15) is 33.5 Å². The number of nitrogens with one attached hydrogen (secondary N) is 1. The minimum absolute atomic E-state index is 0.211. The van der Waals surface area contributed by atoms with E-state index >= 15 is 0 Å². The van der Waals surface area contributed by atoms with Crippen molar-refractivity contribution in [3.63, 3.8) is 0 Å². The number of carbonyl (C=O) groups excluding carboxylic acids is 1. The first kappa shape index (κ1) is 15.6. The maximum absolute atomic E-state index is 13.3. The van der Waals surface area contributed by atoms with Gasteiger partial charge in [-0.05, 0) is 48.9 Å².